The topological polar surface area (TPSA) is 20.2 Å². The third kappa shape index (κ3) is 7.00. The van der Waals surface area contributed by atoms with Gasteiger partial charge >= 0.3 is 0 Å². The molecule has 0 unspecified atom stereocenters. The van der Waals surface area contributed by atoms with Crippen molar-refractivity contribution in [1.82, 2.24) is 0 Å². The van der Waals surface area contributed by atoms with Crippen molar-refractivity contribution in [1.29, 1.82) is 0 Å². The fraction of sp³-hybridized carbons (Fsp3) is 0.333. The molecule has 10 heavy (non-hydrogen) atoms. The molecule has 0 atom stereocenters. The molecule has 1 N–H and O–H groups in total. The monoisotopic (exact) mass is 136 g/mol. The van der Waals surface area contributed by atoms with E-state index in [-0.39, 0.29) is 6.61 Å². The van der Waals surface area contributed by atoms with E-state index in [1.54, 1.807) is 24.3 Å². The highest BCUT2D eigenvalue weighted by molar-refractivity contribution is 5.19. The lowest BCUT2D eigenvalue weighted by molar-refractivity contribution is 0.343. The summed E-state index contributed by atoms with van der Waals surface area (Å²) in [5.41, 5.74) is 0. The second-order valence-electron chi connectivity index (χ2n) is 1.64. The average molecular weight is 136 g/mol. The van der Waals surface area contributed by atoms with Gasteiger partial charge in [-0.05, 0) is 6.08 Å². The van der Waals surface area contributed by atoms with Gasteiger partial charge in [0.1, 0.15) is 0 Å². The first-order valence-electron chi connectivity index (χ1n) is 3.32. The summed E-state index contributed by atoms with van der Waals surface area (Å²) in [4.78, 5) is 0. The molecule has 0 aromatic heterocycles. The Morgan fingerprint density at radius 1 is 1.40 bits per heavy atom. The lowest BCUT2D eigenvalue weighted by atomic mass is 10.4. The largest absolute Gasteiger partial charge is 0.392 e. The van der Waals surface area contributed by atoms with E-state index < -0.39 is 0 Å². The van der Waals surface area contributed by atoms with Crippen LogP contribution in [0.1, 0.15) is 13.3 Å². The molecule has 0 radical (unpaired) electrons. The molecular formula is C9H12O. The normalized spacial score (nSPS) is 10.2. The van der Waals surface area contributed by atoms with Crippen LogP contribution in [0, 0.1) is 11.8 Å². The lowest BCUT2D eigenvalue weighted by Gasteiger charge is -1.72. The summed E-state index contributed by atoms with van der Waals surface area (Å²) in [5.74, 6) is 5.72. The summed E-state index contributed by atoms with van der Waals surface area (Å²) >= 11 is 0. The summed E-state index contributed by atoms with van der Waals surface area (Å²) in [5, 5.41) is 8.31. The Morgan fingerprint density at radius 3 is 2.80 bits per heavy atom. The van der Waals surface area contributed by atoms with Crippen molar-refractivity contribution in [3.05, 3.63) is 24.3 Å². The number of rotatable bonds is 2. The van der Waals surface area contributed by atoms with E-state index in [1.807, 2.05) is 6.92 Å². The smallest absolute Gasteiger partial charge is 0.0615 e. The average Bonchev–Trinajstić information content (AvgIpc) is 1.97. The van der Waals surface area contributed by atoms with Crippen LogP contribution in [0.25, 0.3) is 0 Å². The van der Waals surface area contributed by atoms with E-state index in [9.17, 15) is 0 Å². The van der Waals surface area contributed by atoms with Crippen LogP contribution in [0.15, 0.2) is 24.3 Å². The summed E-state index contributed by atoms with van der Waals surface area (Å²) < 4.78 is 0. The molecule has 54 valence electrons. The van der Waals surface area contributed by atoms with Crippen LogP contribution < -0.4 is 0 Å². The highest BCUT2D eigenvalue weighted by atomic mass is 16.2. The summed E-state index contributed by atoms with van der Waals surface area (Å²) in [6.45, 7) is 2.09. The van der Waals surface area contributed by atoms with Gasteiger partial charge < -0.3 is 5.11 Å². The van der Waals surface area contributed by atoms with Crippen molar-refractivity contribution < 1.29 is 5.11 Å². The molecule has 1 heteroatoms. The van der Waals surface area contributed by atoms with Crippen molar-refractivity contribution in [3.8, 4) is 11.8 Å². The SMILES string of the molecule is CCC#CC=CC=CCO. The van der Waals surface area contributed by atoms with Crippen LogP contribution >= 0.6 is 0 Å². The first-order chi connectivity index (χ1) is 4.91. The summed E-state index contributed by atoms with van der Waals surface area (Å²) in [6, 6.07) is 0. The predicted molar refractivity (Wildman–Crippen MR) is 43.4 cm³/mol. The van der Waals surface area contributed by atoms with Crippen molar-refractivity contribution in [3.63, 3.8) is 0 Å². The van der Waals surface area contributed by atoms with Gasteiger partial charge in [-0.2, -0.15) is 0 Å². The Bertz CT molecular complexity index is 167. The summed E-state index contributed by atoms with van der Waals surface area (Å²) in [7, 11) is 0. The van der Waals surface area contributed by atoms with Gasteiger partial charge in [0, 0.05) is 6.42 Å². The van der Waals surface area contributed by atoms with Crippen LogP contribution in [0.3, 0.4) is 0 Å². The van der Waals surface area contributed by atoms with Crippen molar-refractivity contribution in [2.75, 3.05) is 6.61 Å². The van der Waals surface area contributed by atoms with Crippen molar-refractivity contribution in [2.45, 2.75) is 13.3 Å². The van der Waals surface area contributed by atoms with E-state index in [2.05, 4.69) is 11.8 Å². The maximum absolute atomic E-state index is 8.31. The highest BCUT2D eigenvalue weighted by Crippen LogP contribution is 1.75. The van der Waals surface area contributed by atoms with Crippen LogP contribution in [-0.4, -0.2) is 11.7 Å². The molecule has 0 amide bonds. The van der Waals surface area contributed by atoms with Crippen LogP contribution in [0.5, 0.6) is 0 Å². The standard InChI is InChI=1S/C9H12O/c1-2-3-4-5-6-7-8-9-10/h5-8,10H,2,9H2,1H3. The Morgan fingerprint density at radius 2 is 2.20 bits per heavy atom. The molecule has 0 bridgehead atoms. The Kier molecular flexibility index (Phi) is 7.20. The van der Waals surface area contributed by atoms with Gasteiger partial charge in [-0.1, -0.05) is 37.0 Å². The van der Waals surface area contributed by atoms with Gasteiger partial charge in [-0.15, -0.1) is 0 Å². The fourth-order valence-corrected chi connectivity index (χ4v) is 0.404. The van der Waals surface area contributed by atoms with Gasteiger partial charge in [0.15, 0.2) is 0 Å². The number of aliphatic hydroxyl groups excluding tert-OH is 1. The van der Waals surface area contributed by atoms with Crippen molar-refractivity contribution >= 4 is 0 Å². The minimum Gasteiger partial charge on any atom is -0.392 e. The molecule has 0 fully saturated rings. The fourth-order valence-electron chi connectivity index (χ4n) is 0.404. The molecule has 0 aromatic rings. The number of hydrogen-bond donors (Lipinski definition) is 1. The number of allylic oxidation sites excluding steroid dienone is 3. The maximum Gasteiger partial charge on any atom is 0.0615 e. The highest BCUT2D eigenvalue weighted by Gasteiger charge is 1.61. The van der Waals surface area contributed by atoms with E-state index >= 15 is 0 Å². The van der Waals surface area contributed by atoms with Crippen molar-refractivity contribution in [2.24, 2.45) is 0 Å². The first-order valence-corrected chi connectivity index (χ1v) is 3.32. The molecular weight excluding hydrogens is 124 g/mol. The van der Waals surface area contributed by atoms with Gasteiger partial charge in [0.2, 0.25) is 0 Å². The predicted octanol–water partition coefficient (Wildman–Crippen LogP) is 1.50. The third-order valence-corrected chi connectivity index (χ3v) is 0.811. The molecule has 0 aliphatic rings. The van der Waals surface area contributed by atoms with Crippen LogP contribution in [0.4, 0.5) is 0 Å². The van der Waals surface area contributed by atoms with E-state index in [0.29, 0.717) is 0 Å². The molecule has 0 rings (SSSR count). The third-order valence-electron chi connectivity index (χ3n) is 0.811. The van der Waals surface area contributed by atoms with Crippen LogP contribution in [-0.2, 0) is 0 Å². The molecule has 0 saturated carbocycles. The van der Waals surface area contributed by atoms with Crippen LogP contribution in [0.2, 0.25) is 0 Å². The molecule has 0 saturated heterocycles. The molecule has 0 aromatic carbocycles. The zero-order valence-corrected chi connectivity index (χ0v) is 6.17. The zero-order valence-electron chi connectivity index (χ0n) is 6.17. The minimum absolute atomic E-state index is 0.0888. The quantitative estimate of drug-likeness (QED) is 0.450. The number of hydrogen-bond acceptors (Lipinski definition) is 1. The second kappa shape index (κ2) is 8.00. The molecule has 0 aliphatic carbocycles. The van der Waals surface area contributed by atoms with E-state index in [4.69, 9.17) is 5.11 Å². The molecule has 0 spiro atoms. The lowest BCUT2D eigenvalue weighted by Crippen LogP contribution is -1.67. The molecule has 0 aliphatic heterocycles. The Hall–Kier alpha value is -1.00. The first kappa shape index (κ1) is 9.00. The minimum atomic E-state index is 0.0888. The number of aliphatic hydroxyl groups is 1. The second-order valence-corrected chi connectivity index (χ2v) is 1.64. The Balaban J connectivity index is 3.46. The van der Waals surface area contributed by atoms with Gasteiger partial charge in [-0.3, -0.25) is 0 Å². The van der Waals surface area contributed by atoms with E-state index in [1.165, 1.54) is 0 Å². The molecule has 1 nitrogen and oxygen atoms in total. The van der Waals surface area contributed by atoms with Gasteiger partial charge in [0.05, 0.1) is 6.61 Å². The van der Waals surface area contributed by atoms with Gasteiger partial charge in [-0.25, -0.2) is 0 Å². The summed E-state index contributed by atoms with van der Waals surface area (Å²) in [6.07, 6.45) is 7.87. The van der Waals surface area contributed by atoms with E-state index in [0.717, 1.165) is 6.42 Å². The van der Waals surface area contributed by atoms with Gasteiger partial charge in [0.25, 0.3) is 0 Å². The zero-order chi connectivity index (χ0) is 7.66. The molecule has 0 heterocycles. The Labute approximate surface area is 62.1 Å². The maximum atomic E-state index is 8.31.